The number of hydrogen-bond donors (Lipinski definition) is 0. The highest BCUT2D eigenvalue weighted by Crippen LogP contribution is 2.27. The number of aromatic nitrogens is 1. The smallest absolute Gasteiger partial charge is 0.232 e. The van der Waals surface area contributed by atoms with Gasteiger partial charge < -0.3 is 13.6 Å². The third-order valence-corrected chi connectivity index (χ3v) is 2.21. The Labute approximate surface area is 91.5 Å². The fourth-order valence-corrected chi connectivity index (χ4v) is 1.46. The third-order valence-electron chi connectivity index (χ3n) is 2.21. The topological polar surface area (TPSA) is 48.4 Å². The first-order valence-electron chi connectivity index (χ1n) is 4.84. The Bertz CT molecular complexity index is 583. The molecule has 0 saturated carbocycles. The van der Waals surface area contributed by atoms with Crippen molar-refractivity contribution in [2.75, 3.05) is 0 Å². The van der Waals surface area contributed by atoms with E-state index < -0.39 is 0 Å². The summed E-state index contributed by atoms with van der Waals surface area (Å²) in [6.07, 6.45) is 5.80. The molecule has 0 spiro atoms. The van der Waals surface area contributed by atoms with Crippen LogP contribution in [0.15, 0.2) is 45.6 Å². The summed E-state index contributed by atoms with van der Waals surface area (Å²) in [5.41, 5.74) is 0.755. The van der Waals surface area contributed by atoms with Crippen molar-refractivity contribution in [1.29, 1.82) is 0 Å². The lowest BCUT2D eigenvalue weighted by Gasteiger charge is -1.99. The Kier molecular flexibility index (Phi) is 2.11. The number of rotatable bonds is 3. The highest BCUT2D eigenvalue weighted by Gasteiger charge is 2.08. The van der Waals surface area contributed by atoms with Crippen LogP contribution in [0.5, 0.6) is 5.75 Å². The molecule has 3 rings (SSSR count). The Morgan fingerprint density at radius 2 is 2.25 bits per heavy atom. The van der Waals surface area contributed by atoms with Gasteiger partial charge in [-0.1, -0.05) is 12.1 Å². The normalized spacial score (nSPS) is 10.8. The van der Waals surface area contributed by atoms with Gasteiger partial charge in [0.2, 0.25) is 12.2 Å². The minimum absolute atomic E-state index is 0.271. The molecule has 0 saturated heterocycles. The van der Waals surface area contributed by atoms with Crippen molar-refractivity contribution in [3.63, 3.8) is 0 Å². The minimum Gasteiger partial charge on any atom is -0.479 e. The number of nitrogens with zero attached hydrogens (tertiary/aromatic N) is 1. The van der Waals surface area contributed by atoms with Crippen LogP contribution in [0.25, 0.3) is 11.0 Å². The van der Waals surface area contributed by atoms with Crippen LogP contribution >= 0.6 is 0 Å². The average Bonchev–Trinajstić information content (AvgIpc) is 2.96. The summed E-state index contributed by atoms with van der Waals surface area (Å²) in [4.78, 5) is 3.96. The van der Waals surface area contributed by atoms with Crippen LogP contribution in [0.2, 0.25) is 0 Å². The van der Waals surface area contributed by atoms with E-state index in [0.29, 0.717) is 11.6 Å². The molecule has 0 bridgehead atoms. The zero-order chi connectivity index (χ0) is 10.8. The van der Waals surface area contributed by atoms with E-state index in [-0.39, 0.29) is 6.61 Å². The zero-order valence-corrected chi connectivity index (χ0v) is 8.34. The van der Waals surface area contributed by atoms with Crippen molar-refractivity contribution in [3.8, 4) is 5.75 Å². The Hall–Kier alpha value is -2.23. The quantitative estimate of drug-likeness (QED) is 0.672. The molecule has 2 aromatic heterocycles. The summed E-state index contributed by atoms with van der Waals surface area (Å²) >= 11 is 0. The third kappa shape index (κ3) is 1.54. The molecule has 0 amide bonds. The van der Waals surface area contributed by atoms with E-state index in [9.17, 15) is 0 Å². The van der Waals surface area contributed by atoms with Crippen molar-refractivity contribution < 1.29 is 13.6 Å². The number of hydrogen-bond acceptors (Lipinski definition) is 4. The standard InChI is InChI=1S/C12H8NO3/c1-2-4-10-9(3-1)11(7-15-10)16-8-12-13-5-6-14-12/h1-6H,8H2. The van der Waals surface area contributed by atoms with Crippen LogP contribution in [0, 0.1) is 6.26 Å². The molecule has 79 valence electrons. The van der Waals surface area contributed by atoms with Crippen LogP contribution in [-0.4, -0.2) is 4.98 Å². The van der Waals surface area contributed by atoms with Crippen molar-refractivity contribution in [2.45, 2.75) is 6.61 Å². The van der Waals surface area contributed by atoms with Crippen molar-refractivity contribution in [1.82, 2.24) is 4.98 Å². The average molecular weight is 214 g/mol. The van der Waals surface area contributed by atoms with Gasteiger partial charge >= 0.3 is 0 Å². The lowest BCUT2D eigenvalue weighted by Crippen LogP contribution is -1.94. The molecule has 0 N–H and O–H groups in total. The first-order valence-corrected chi connectivity index (χ1v) is 4.84. The van der Waals surface area contributed by atoms with Gasteiger partial charge in [-0.3, -0.25) is 0 Å². The summed E-state index contributed by atoms with van der Waals surface area (Å²) in [6, 6.07) is 7.60. The fraction of sp³-hybridized carbons (Fsp3) is 0.0833. The maximum Gasteiger partial charge on any atom is 0.232 e. The predicted molar refractivity (Wildman–Crippen MR) is 55.9 cm³/mol. The van der Waals surface area contributed by atoms with E-state index in [4.69, 9.17) is 13.6 Å². The number of ether oxygens (including phenoxy) is 1. The van der Waals surface area contributed by atoms with Gasteiger partial charge in [0.05, 0.1) is 11.6 Å². The van der Waals surface area contributed by atoms with E-state index in [2.05, 4.69) is 11.2 Å². The number of oxazole rings is 1. The molecule has 0 unspecified atom stereocenters. The maximum atomic E-state index is 5.50. The molecule has 1 radical (unpaired) electrons. The van der Waals surface area contributed by atoms with Crippen LogP contribution in [-0.2, 0) is 6.61 Å². The second-order valence-electron chi connectivity index (χ2n) is 3.24. The Balaban J connectivity index is 1.84. The lowest BCUT2D eigenvalue weighted by atomic mass is 10.2. The van der Waals surface area contributed by atoms with E-state index in [1.54, 1.807) is 6.20 Å². The van der Waals surface area contributed by atoms with Crippen LogP contribution in [0.3, 0.4) is 0 Å². The second kappa shape index (κ2) is 3.73. The van der Waals surface area contributed by atoms with Crippen molar-refractivity contribution in [2.24, 2.45) is 0 Å². The molecule has 0 aliphatic heterocycles. The Morgan fingerprint density at radius 1 is 1.31 bits per heavy atom. The number of benzene rings is 1. The zero-order valence-electron chi connectivity index (χ0n) is 8.34. The van der Waals surface area contributed by atoms with Crippen molar-refractivity contribution in [3.05, 3.63) is 48.9 Å². The number of furan rings is 1. The van der Waals surface area contributed by atoms with Gasteiger partial charge in [-0.2, -0.15) is 0 Å². The monoisotopic (exact) mass is 214 g/mol. The second-order valence-corrected chi connectivity index (χ2v) is 3.24. The molecule has 0 aliphatic carbocycles. The van der Waals surface area contributed by atoms with Crippen LogP contribution in [0.4, 0.5) is 0 Å². The summed E-state index contributed by atoms with van der Waals surface area (Å²) in [5.74, 6) is 1.10. The van der Waals surface area contributed by atoms with Crippen molar-refractivity contribution >= 4 is 11.0 Å². The lowest BCUT2D eigenvalue weighted by molar-refractivity contribution is 0.262. The molecule has 4 heteroatoms. The molecule has 4 nitrogen and oxygen atoms in total. The molecular formula is C12H8NO3. The maximum absolute atomic E-state index is 5.50. The van der Waals surface area contributed by atoms with E-state index in [1.807, 2.05) is 24.3 Å². The highest BCUT2D eigenvalue weighted by molar-refractivity contribution is 5.83. The van der Waals surface area contributed by atoms with Crippen LogP contribution in [0.1, 0.15) is 5.89 Å². The van der Waals surface area contributed by atoms with Gasteiger partial charge in [0.15, 0.2) is 12.4 Å². The number of fused-ring (bicyclic) bond motifs is 1. The first-order chi connectivity index (χ1) is 7.93. The Morgan fingerprint density at radius 3 is 3.12 bits per heavy atom. The number of para-hydroxylation sites is 1. The SMILES string of the molecule is [c]1oc2ccccc2c1OCc1ncco1. The molecule has 0 atom stereocenters. The molecule has 0 aliphatic rings. The van der Waals surface area contributed by atoms with Gasteiger partial charge in [-0.05, 0) is 12.1 Å². The summed E-state index contributed by atoms with van der Waals surface area (Å²) in [6.45, 7) is 0.271. The van der Waals surface area contributed by atoms with Gasteiger partial charge in [0.1, 0.15) is 11.8 Å². The molecule has 16 heavy (non-hydrogen) atoms. The van der Waals surface area contributed by atoms with Gasteiger partial charge in [-0.15, -0.1) is 0 Å². The fourth-order valence-electron chi connectivity index (χ4n) is 1.46. The largest absolute Gasteiger partial charge is 0.479 e. The highest BCUT2D eigenvalue weighted by atomic mass is 16.5. The van der Waals surface area contributed by atoms with E-state index in [0.717, 1.165) is 11.0 Å². The predicted octanol–water partition coefficient (Wildman–Crippen LogP) is 2.80. The molecule has 3 aromatic rings. The minimum atomic E-state index is 0.271. The summed E-state index contributed by atoms with van der Waals surface area (Å²) in [5, 5.41) is 0.897. The summed E-state index contributed by atoms with van der Waals surface area (Å²) < 4.78 is 15.8. The van der Waals surface area contributed by atoms with Crippen LogP contribution < -0.4 is 4.74 Å². The molecule has 0 fully saturated rings. The molecule has 2 heterocycles. The van der Waals surface area contributed by atoms with Gasteiger partial charge in [-0.25, -0.2) is 4.98 Å². The van der Waals surface area contributed by atoms with Gasteiger partial charge in [0, 0.05) is 0 Å². The first kappa shape index (κ1) is 9.03. The van der Waals surface area contributed by atoms with E-state index >= 15 is 0 Å². The molecule has 1 aromatic carbocycles. The van der Waals surface area contributed by atoms with E-state index in [1.165, 1.54) is 6.26 Å². The molecular weight excluding hydrogens is 206 g/mol. The summed E-state index contributed by atoms with van der Waals surface area (Å²) in [7, 11) is 0. The van der Waals surface area contributed by atoms with Gasteiger partial charge in [0.25, 0.3) is 0 Å².